The first-order valence-electron chi connectivity index (χ1n) is 7.70. The van der Waals surface area contributed by atoms with Crippen molar-refractivity contribution in [1.82, 2.24) is 4.98 Å². The van der Waals surface area contributed by atoms with E-state index in [2.05, 4.69) is 25.7 Å². The number of nitrogens with two attached hydrogens (primary N) is 1. The fourth-order valence-corrected chi connectivity index (χ4v) is 3.11. The molecule has 2 aromatic carbocycles. The number of primary amides is 1. The van der Waals surface area contributed by atoms with Crippen molar-refractivity contribution in [1.29, 1.82) is 0 Å². The van der Waals surface area contributed by atoms with E-state index in [9.17, 15) is 9.90 Å². The second kappa shape index (κ2) is 8.79. The van der Waals surface area contributed by atoms with Crippen LogP contribution in [0, 0.1) is 0 Å². The zero-order chi connectivity index (χ0) is 20.1. The number of halogens is 2. The zero-order valence-corrected chi connectivity index (χ0v) is 16.3. The number of para-hydroxylation sites is 1. The molecule has 0 aliphatic rings. The molecular weight excluding hydrogens is 423 g/mol. The standard InChI is InChI=1S/C17H12Cl2N6O2S/c18-9-5-1-3-7-11(9)22-24-13(14(20)26)16-21-15(27)17(28-16)25-23-12-8-4-2-6-10(12)19/h1-8,22,27H,(H2,20,26)/b24-13+,25-23?. The Morgan fingerprint density at radius 1 is 1.07 bits per heavy atom. The molecule has 0 unspecified atom stereocenters. The van der Waals surface area contributed by atoms with E-state index in [4.69, 9.17) is 28.9 Å². The van der Waals surface area contributed by atoms with Crippen LogP contribution in [0.25, 0.3) is 0 Å². The highest BCUT2D eigenvalue weighted by Gasteiger charge is 2.19. The van der Waals surface area contributed by atoms with Crippen molar-refractivity contribution in [3.63, 3.8) is 0 Å². The number of hydrogen-bond acceptors (Lipinski definition) is 8. The van der Waals surface area contributed by atoms with Crippen molar-refractivity contribution in [2.75, 3.05) is 5.43 Å². The lowest BCUT2D eigenvalue weighted by atomic mass is 10.3. The molecule has 0 saturated carbocycles. The summed E-state index contributed by atoms with van der Waals surface area (Å²) in [4.78, 5) is 15.7. The number of nitrogens with one attached hydrogen (secondary N) is 1. The molecule has 1 amide bonds. The molecule has 3 aromatic rings. The van der Waals surface area contributed by atoms with Crippen LogP contribution in [-0.4, -0.2) is 21.7 Å². The number of carbonyl (C=O) groups excluding carboxylic acids is 1. The van der Waals surface area contributed by atoms with Gasteiger partial charge in [0, 0.05) is 0 Å². The molecule has 0 saturated heterocycles. The maximum atomic E-state index is 11.8. The van der Waals surface area contributed by atoms with Crippen LogP contribution in [0.3, 0.4) is 0 Å². The Morgan fingerprint density at radius 3 is 2.43 bits per heavy atom. The fraction of sp³-hybridized carbons (Fsp3) is 0. The largest absolute Gasteiger partial charge is 0.491 e. The Bertz CT molecular complexity index is 1080. The molecule has 8 nitrogen and oxygen atoms in total. The van der Waals surface area contributed by atoms with E-state index in [1.54, 1.807) is 48.5 Å². The Balaban J connectivity index is 1.88. The van der Waals surface area contributed by atoms with E-state index < -0.39 is 11.8 Å². The van der Waals surface area contributed by atoms with Crippen molar-refractivity contribution >= 4 is 62.5 Å². The molecule has 0 radical (unpaired) electrons. The third-order valence-electron chi connectivity index (χ3n) is 3.29. The molecule has 3 rings (SSSR count). The summed E-state index contributed by atoms with van der Waals surface area (Å²) >= 11 is 12.9. The van der Waals surface area contributed by atoms with Gasteiger partial charge in [0.1, 0.15) is 5.69 Å². The summed E-state index contributed by atoms with van der Waals surface area (Å²) in [6.07, 6.45) is 0. The lowest BCUT2D eigenvalue weighted by molar-refractivity contribution is -0.111. The topological polar surface area (TPSA) is 125 Å². The molecule has 0 bridgehead atoms. The van der Waals surface area contributed by atoms with Crippen molar-refractivity contribution < 1.29 is 9.90 Å². The highest BCUT2D eigenvalue weighted by molar-refractivity contribution is 7.18. The Labute approximate surface area is 173 Å². The molecule has 1 heterocycles. The zero-order valence-electron chi connectivity index (χ0n) is 14.0. The van der Waals surface area contributed by atoms with Gasteiger partial charge in [-0.2, -0.15) is 10.1 Å². The summed E-state index contributed by atoms with van der Waals surface area (Å²) in [5, 5.41) is 22.8. The third kappa shape index (κ3) is 4.63. The van der Waals surface area contributed by atoms with Gasteiger partial charge in [-0.25, -0.2) is 0 Å². The fourth-order valence-electron chi connectivity index (χ4n) is 1.98. The highest BCUT2D eigenvalue weighted by Crippen LogP contribution is 2.35. The van der Waals surface area contributed by atoms with Gasteiger partial charge in [0.05, 0.1) is 15.7 Å². The first kappa shape index (κ1) is 19.7. The van der Waals surface area contributed by atoms with Crippen molar-refractivity contribution in [2.45, 2.75) is 0 Å². The summed E-state index contributed by atoms with van der Waals surface area (Å²) < 4.78 is 0. The summed E-state index contributed by atoms with van der Waals surface area (Å²) in [6.45, 7) is 0. The number of azo groups is 1. The van der Waals surface area contributed by atoms with Crippen LogP contribution in [0.15, 0.2) is 63.9 Å². The van der Waals surface area contributed by atoms with Crippen LogP contribution in [-0.2, 0) is 4.79 Å². The van der Waals surface area contributed by atoms with Crippen LogP contribution < -0.4 is 11.2 Å². The average molecular weight is 435 g/mol. The number of amides is 1. The number of anilines is 1. The van der Waals surface area contributed by atoms with Crippen LogP contribution in [0.2, 0.25) is 10.0 Å². The number of hydrazone groups is 1. The van der Waals surface area contributed by atoms with Gasteiger partial charge in [-0.1, -0.05) is 58.8 Å². The van der Waals surface area contributed by atoms with E-state index in [1.807, 2.05) is 0 Å². The number of rotatable bonds is 6. The number of benzene rings is 2. The van der Waals surface area contributed by atoms with Crippen molar-refractivity contribution in [3.8, 4) is 5.88 Å². The molecule has 0 aliphatic carbocycles. The number of aromatic hydroxyl groups is 1. The normalized spacial score (nSPS) is 11.7. The molecular formula is C17H12Cl2N6O2S. The Kier molecular flexibility index (Phi) is 6.19. The number of nitrogens with zero attached hydrogens (tertiary/aromatic N) is 4. The summed E-state index contributed by atoms with van der Waals surface area (Å²) in [5.41, 5.74) is 8.74. The van der Waals surface area contributed by atoms with E-state index >= 15 is 0 Å². The van der Waals surface area contributed by atoms with Gasteiger partial charge in [0.2, 0.25) is 5.00 Å². The van der Waals surface area contributed by atoms with E-state index in [1.165, 1.54) is 0 Å². The lowest BCUT2D eigenvalue weighted by Crippen LogP contribution is -2.25. The van der Waals surface area contributed by atoms with Crippen LogP contribution in [0.4, 0.5) is 16.4 Å². The van der Waals surface area contributed by atoms with Crippen molar-refractivity contribution in [2.24, 2.45) is 21.1 Å². The van der Waals surface area contributed by atoms with Gasteiger partial charge in [0.25, 0.3) is 11.8 Å². The van der Waals surface area contributed by atoms with Gasteiger partial charge >= 0.3 is 0 Å². The smallest absolute Gasteiger partial charge is 0.272 e. The number of thiazole rings is 1. The predicted octanol–water partition coefficient (Wildman–Crippen LogP) is 4.87. The summed E-state index contributed by atoms with van der Waals surface area (Å²) in [6, 6.07) is 13.7. The minimum atomic E-state index is -0.845. The lowest BCUT2D eigenvalue weighted by Gasteiger charge is -2.04. The molecule has 0 aliphatic heterocycles. The Morgan fingerprint density at radius 2 is 1.75 bits per heavy atom. The molecule has 1 aromatic heterocycles. The van der Waals surface area contributed by atoms with Gasteiger partial charge in [0.15, 0.2) is 10.7 Å². The number of carbonyl (C=O) groups is 1. The van der Waals surface area contributed by atoms with Gasteiger partial charge < -0.3 is 10.8 Å². The van der Waals surface area contributed by atoms with Gasteiger partial charge in [-0.05, 0) is 24.3 Å². The number of hydrogen-bond donors (Lipinski definition) is 3. The first-order chi connectivity index (χ1) is 13.5. The van der Waals surface area contributed by atoms with E-state index in [-0.39, 0.29) is 15.7 Å². The maximum Gasteiger partial charge on any atom is 0.272 e. The molecule has 28 heavy (non-hydrogen) atoms. The van der Waals surface area contributed by atoms with Crippen LogP contribution in [0.5, 0.6) is 5.88 Å². The van der Waals surface area contributed by atoms with Gasteiger partial charge in [-0.15, -0.1) is 10.2 Å². The Hall–Kier alpha value is -3.01. The molecule has 142 valence electrons. The second-order valence-corrected chi connectivity index (χ2v) is 7.01. The minimum absolute atomic E-state index is 0.0673. The number of aromatic nitrogens is 1. The molecule has 0 atom stereocenters. The summed E-state index contributed by atoms with van der Waals surface area (Å²) in [5.74, 6) is -1.26. The summed E-state index contributed by atoms with van der Waals surface area (Å²) in [7, 11) is 0. The minimum Gasteiger partial charge on any atom is -0.491 e. The first-order valence-corrected chi connectivity index (χ1v) is 9.27. The highest BCUT2D eigenvalue weighted by atomic mass is 35.5. The third-order valence-corrected chi connectivity index (χ3v) is 4.88. The maximum absolute atomic E-state index is 11.8. The van der Waals surface area contributed by atoms with Crippen LogP contribution >= 0.6 is 34.5 Å². The molecule has 11 heteroatoms. The predicted molar refractivity (Wildman–Crippen MR) is 110 cm³/mol. The SMILES string of the molecule is NC(=O)/C(=N\Nc1ccccc1Cl)c1nc(O)c(N=Nc2ccccc2Cl)s1. The van der Waals surface area contributed by atoms with Crippen LogP contribution in [0.1, 0.15) is 5.01 Å². The molecule has 4 N–H and O–H groups in total. The quantitative estimate of drug-likeness (QED) is 0.290. The van der Waals surface area contributed by atoms with Gasteiger partial charge in [-0.3, -0.25) is 10.2 Å². The molecule has 0 spiro atoms. The second-order valence-electron chi connectivity index (χ2n) is 5.22. The van der Waals surface area contributed by atoms with Crippen molar-refractivity contribution in [3.05, 3.63) is 63.6 Å². The van der Waals surface area contributed by atoms with E-state index in [0.717, 1.165) is 11.3 Å². The molecule has 0 fully saturated rings. The average Bonchev–Trinajstić information content (AvgIpc) is 3.03. The monoisotopic (exact) mass is 434 g/mol. The van der Waals surface area contributed by atoms with E-state index in [0.29, 0.717) is 21.4 Å².